The Kier molecular flexibility index (Phi) is 10.2. The Morgan fingerprint density at radius 1 is 0.969 bits per heavy atom. The van der Waals surface area contributed by atoms with Crippen LogP contribution in [0.15, 0.2) is 18.2 Å². The second kappa shape index (κ2) is 11.9. The smallest absolute Gasteiger partial charge is 0.121 e. The largest absolute Gasteiger partial charge is 0.491 e. The van der Waals surface area contributed by atoms with Crippen molar-refractivity contribution in [1.29, 1.82) is 0 Å². The maximum atomic E-state index is 6.01. The molecule has 184 valence electrons. The highest BCUT2D eigenvalue weighted by Crippen LogP contribution is 2.53. The van der Waals surface area contributed by atoms with Crippen LogP contribution in [0.4, 0.5) is 5.69 Å². The Hall–Kier alpha value is -0.970. The van der Waals surface area contributed by atoms with Crippen molar-refractivity contribution in [3.8, 4) is 5.75 Å². The van der Waals surface area contributed by atoms with Crippen molar-refractivity contribution in [2.24, 2.45) is 10.8 Å². The van der Waals surface area contributed by atoms with Gasteiger partial charge in [-0.1, -0.05) is 47.1 Å². The van der Waals surface area contributed by atoms with Gasteiger partial charge in [0.1, 0.15) is 12.4 Å². The zero-order valence-corrected chi connectivity index (χ0v) is 22.2. The Labute approximate surface area is 203 Å². The van der Waals surface area contributed by atoms with Gasteiger partial charge in [-0.3, -0.25) is 4.90 Å². The van der Waals surface area contributed by atoms with Crippen LogP contribution in [0.1, 0.15) is 78.2 Å². The van der Waals surface area contributed by atoms with Crippen molar-refractivity contribution in [2.45, 2.75) is 72.6 Å². The van der Waals surface area contributed by atoms with Crippen molar-refractivity contribution in [3.63, 3.8) is 0 Å². The maximum absolute atomic E-state index is 6.01. The summed E-state index contributed by atoms with van der Waals surface area (Å²) in [5.41, 5.74) is 3.71. The Balaban J connectivity index is 0.00000363. The molecule has 0 spiro atoms. The van der Waals surface area contributed by atoms with Crippen LogP contribution in [-0.4, -0.2) is 57.9 Å². The van der Waals surface area contributed by atoms with Gasteiger partial charge in [-0.05, 0) is 60.6 Å². The number of benzene rings is 1. The molecule has 2 aliphatic rings. The molecule has 0 amide bonds. The van der Waals surface area contributed by atoms with Gasteiger partial charge in [0.05, 0.1) is 6.61 Å². The lowest BCUT2D eigenvalue weighted by Crippen LogP contribution is -2.47. The van der Waals surface area contributed by atoms with Gasteiger partial charge in [-0.15, -0.1) is 12.4 Å². The topological polar surface area (TPSA) is 24.9 Å². The summed E-state index contributed by atoms with van der Waals surface area (Å²) in [6.45, 7) is 19.1. The van der Waals surface area contributed by atoms with E-state index in [9.17, 15) is 0 Å². The quantitative estimate of drug-likeness (QED) is 0.394. The fraction of sp³-hybridized carbons (Fsp3) is 0.778. The predicted molar refractivity (Wildman–Crippen MR) is 139 cm³/mol. The van der Waals surface area contributed by atoms with Crippen LogP contribution in [0, 0.1) is 10.8 Å². The first-order valence-electron chi connectivity index (χ1n) is 12.5. The highest BCUT2D eigenvalue weighted by atomic mass is 35.5. The highest BCUT2D eigenvalue weighted by Gasteiger charge is 2.40. The molecular weight excluding hydrogens is 420 g/mol. The molecule has 5 heteroatoms. The van der Waals surface area contributed by atoms with E-state index in [1.54, 1.807) is 7.11 Å². The van der Waals surface area contributed by atoms with E-state index in [1.807, 2.05) is 0 Å². The first-order chi connectivity index (χ1) is 14.7. The van der Waals surface area contributed by atoms with Gasteiger partial charge < -0.3 is 14.4 Å². The van der Waals surface area contributed by atoms with Crippen LogP contribution in [0.25, 0.3) is 0 Å². The maximum Gasteiger partial charge on any atom is 0.121 e. The van der Waals surface area contributed by atoms with Crippen molar-refractivity contribution in [2.75, 3.05) is 57.9 Å². The summed E-state index contributed by atoms with van der Waals surface area (Å²) >= 11 is 0. The summed E-state index contributed by atoms with van der Waals surface area (Å²) in [5, 5.41) is 0. The van der Waals surface area contributed by atoms with Gasteiger partial charge in [-0.2, -0.15) is 0 Å². The summed E-state index contributed by atoms with van der Waals surface area (Å²) in [7, 11) is 1.72. The number of hydrogen-bond donors (Lipinski definition) is 0. The van der Waals surface area contributed by atoms with Gasteiger partial charge in [0.2, 0.25) is 0 Å². The van der Waals surface area contributed by atoms with Crippen molar-refractivity contribution >= 4 is 18.1 Å². The second-order valence-electron chi connectivity index (χ2n) is 11.4. The molecule has 0 atom stereocenters. The van der Waals surface area contributed by atoms with Crippen LogP contribution in [0.5, 0.6) is 5.75 Å². The molecule has 1 aromatic carbocycles. The molecule has 0 radical (unpaired) electrons. The molecule has 1 heterocycles. The number of anilines is 1. The molecule has 0 bridgehead atoms. The molecule has 1 aliphatic heterocycles. The molecule has 0 aromatic heterocycles. The number of rotatable bonds is 9. The average Bonchev–Trinajstić information content (AvgIpc) is 2.70. The summed E-state index contributed by atoms with van der Waals surface area (Å²) in [4.78, 5) is 5.25. The van der Waals surface area contributed by atoms with E-state index in [0.717, 1.165) is 31.9 Å². The number of hydrogen-bond acceptors (Lipinski definition) is 4. The van der Waals surface area contributed by atoms with Gasteiger partial charge in [0, 0.05) is 45.0 Å². The fourth-order valence-corrected chi connectivity index (χ4v) is 6.14. The van der Waals surface area contributed by atoms with Crippen LogP contribution in [0.3, 0.4) is 0 Å². The summed E-state index contributed by atoms with van der Waals surface area (Å²) < 4.78 is 11.2. The van der Waals surface area contributed by atoms with Crippen LogP contribution in [0.2, 0.25) is 0 Å². The molecule has 4 nitrogen and oxygen atoms in total. The lowest BCUT2D eigenvalue weighted by molar-refractivity contribution is 0.0969. The highest BCUT2D eigenvalue weighted by molar-refractivity contribution is 5.85. The number of unbranched alkanes of at least 4 members (excludes halogenated alkanes) is 1. The van der Waals surface area contributed by atoms with E-state index < -0.39 is 0 Å². The summed E-state index contributed by atoms with van der Waals surface area (Å²) in [5.74, 6) is 1.58. The fourth-order valence-electron chi connectivity index (χ4n) is 6.14. The molecule has 1 saturated carbocycles. The average molecular weight is 467 g/mol. The first kappa shape index (κ1) is 27.3. The standard InChI is InChI=1S/C27H46N2O2.ClH/c1-7-8-11-28-12-14-29(15-13-28)25-18-23(31-17-16-30-6)9-10-24(25)22-19-26(2,3)21-27(4,5)20-22;/h9-10,18,22H,7-8,11-17,19-21H2,1-6H3;1H. The number of nitrogens with zero attached hydrogens (tertiary/aromatic N) is 2. The minimum Gasteiger partial charge on any atom is -0.491 e. The van der Waals surface area contributed by atoms with E-state index in [-0.39, 0.29) is 12.4 Å². The Morgan fingerprint density at radius 2 is 1.62 bits per heavy atom. The molecule has 3 rings (SSSR count). The first-order valence-corrected chi connectivity index (χ1v) is 12.5. The molecule has 1 aliphatic carbocycles. The molecule has 1 saturated heterocycles. The monoisotopic (exact) mass is 466 g/mol. The molecule has 32 heavy (non-hydrogen) atoms. The third-order valence-corrected chi connectivity index (χ3v) is 7.09. The third-order valence-electron chi connectivity index (χ3n) is 7.09. The third kappa shape index (κ3) is 7.53. The zero-order valence-electron chi connectivity index (χ0n) is 21.4. The second-order valence-corrected chi connectivity index (χ2v) is 11.4. The molecule has 1 aromatic rings. The zero-order chi connectivity index (χ0) is 22.5. The normalized spacial score (nSPS) is 21.2. The Morgan fingerprint density at radius 3 is 2.22 bits per heavy atom. The number of halogens is 1. The summed E-state index contributed by atoms with van der Waals surface area (Å²) in [6.07, 6.45) is 6.42. The minimum absolute atomic E-state index is 0. The van der Waals surface area contributed by atoms with Gasteiger partial charge >= 0.3 is 0 Å². The number of piperazine rings is 1. The van der Waals surface area contributed by atoms with Crippen LogP contribution in [-0.2, 0) is 4.74 Å². The SMILES string of the molecule is CCCCN1CCN(c2cc(OCCOC)ccc2C2CC(C)(C)CC(C)(C)C2)CC1.Cl. The van der Waals surface area contributed by atoms with Gasteiger partial charge in [0.15, 0.2) is 0 Å². The van der Waals surface area contributed by atoms with E-state index in [1.165, 1.54) is 49.9 Å². The minimum atomic E-state index is 0. The van der Waals surface area contributed by atoms with E-state index in [4.69, 9.17) is 9.47 Å². The molecule has 2 fully saturated rings. The Bertz CT molecular complexity index is 683. The van der Waals surface area contributed by atoms with Crippen molar-refractivity contribution in [3.05, 3.63) is 23.8 Å². The molecular formula is C27H47ClN2O2. The number of ether oxygens (including phenoxy) is 2. The van der Waals surface area contributed by atoms with Crippen LogP contribution < -0.4 is 9.64 Å². The van der Waals surface area contributed by atoms with E-state index >= 15 is 0 Å². The van der Waals surface area contributed by atoms with E-state index in [2.05, 4.69) is 62.6 Å². The molecule has 0 unspecified atom stereocenters. The van der Waals surface area contributed by atoms with Crippen LogP contribution >= 0.6 is 12.4 Å². The summed E-state index contributed by atoms with van der Waals surface area (Å²) in [6, 6.07) is 6.85. The van der Waals surface area contributed by atoms with E-state index in [0.29, 0.717) is 30.0 Å². The van der Waals surface area contributed by atoms with Crippen molar-refractivity contribution in [1.82, 2.24) is 4.90 Å². The predicted octanol–water partition coefficient (Wildman–Crippen LogP) is 6.38. The van der Waals surface area contributed by atoms with Gasteiger partial charge in [-0.25, -0.2) is 0 Å². The lowest BCUT2D eigenvalue weighted by atomic mass is 9.60. The van der Waals surface area contributed by atoms with Crippen molar-refractivity contribution < 1.29 is 9.47 Å². The lowest BCUT2D eigenvalue weighted by Gasteiger charge is -2.46. The molecule has 0 N–H and O–H groups in total. The van der Waals surface area contributed by atoms with Gasteiger partial charge in [0.25, 0.3) is 0 Å². The number of methoxy groups -OCH3 is 1.